The minimum absolute atomic E-state index is 1.37. The van der Waals surface area contributed by atoms with Crippen LogP contribution in [0.4, 0.5) is 0 Å². The first-order valence-corrected chi connectivity index (χ1v) is 12.4. The van der Waals surface area contributed by atoms with Crippen molar-refractivity contribution in [1.82, 2.24) is 3.64 Å². The van der Waals surface area contributed by atoms with Crippen LogP contribution in [0.5, 0.6) is 0 Å². The normalized spacial score (nSPS) is 15.1. The van der Waals surface area contributed by atoms with Crippen LogP contribution in [0.25, 0.3) is 0 Å². The van der Waals surface area contributed by atoms with E-state index in [9.17, 15) is 8.42 Å². The van der Waals surface area contributed by atoms with Gasteiger partial charge >= 0.3 is 10.3 Å². The summed E-state index contributed by atoms with van der Waals surface area (Å²) in [4.78, 5) is 0. The van der Waals surface area contributed by atoms with Crippen LogP contribution in [0, 0.1) is 0 Å². The number of nitrogens with zero attached hydrogens (tertiary/aromatic N) is 1. The van der Waals surface area contributed by atoms with Crippen molar-refractivity contribution in [3.8, 4) is 0 Å². The topological polar surface area (TPSA) is 57.6 Å². The summed E-state index contributed by atoms with van der Waals surface area (Å²) < 4.78 is 32.8. The Bertz CT molecular complexity index is 261. The SMILES string of the molecule is C[Si](C)(C)N([Si](C)(C)C)S(=O)(=O)O. The molecular formula is C6H19NO3SSi2. The van der Waals surface area contributed by atoms with E-state index in [1.807, 2.05) is 39.3 Å². The molecule has 0 rings (SSSR count). The Morgan fingerprint density at radius 3 is 1.15 bits per heavy atom. The molecule has 0 unspecified atom stereocenters. The van der Waals surface area contributed by atoms with Crippen LogP contribution in [-0.2, 0) is 10.3 Å². The van der Waals surface area contributed by atoms with Gasteiger partial charge in [-0.3, -0.25) is 4.55 Å². The molecule has 0 radical (unpaired) electrons. The first-order valence-electron chi connectivity index (χ1n) is 4.15. The van der Waals surface area contributed by atoms with Gasteiger partial charge < -0.3 is 0 Å². The predicted molar refractivity (Wildman–Crippen MR) is 60.1 cm³/mol. The van der Waals surface area contributed by atoms with Crippen molar-refractivity contribution in [2.75, 3.05) is 0 Å². The van der Waals surface area contributed by atoms with E-state index in [2.05, 4.69) is 0 Å². The lowest BCUT2D eigenvalue weighted by molar-refractivity contribution is 0.456. The van der Waals surface area contributed by atoms with Gasteiger partial charge in [-0.25, -0.2) is 3.64 Å². The summed E-state index contributed by atoms with van der Waals surface area (Å²) in [6.07, 6.45) is 0. The monoisotopic (exact) mass is 241 g/mol. The molecule has 0 aliphatic carbocycles. The summed E-state index contributed by atoms with van der Waals surface area (Å²) in [7, 11) is -8.02. The molecule has 0 saturated heterocycles. The first kappa shape index (κ1) is 13.3. The summed E-state index contributed by atoms with van der Waals surface area (Å²) in [6.45, 7) is 11.5. The van der Waals surface area contributed by atoms with E-state index < -0.39 is 26.8 Å². The van der Waals surface area contributed by atoms with Crippen molar-refractivity contribution in [3.63, 3.8) is 0 Å². The largest absolute Gasteiger partial charge is 0.323 e. The van der Waals surface area contributed by atoms with Crippen LogP contribution in [0.2, 0.25) is 39.3 Å². The summed E-state index contributed by atoms with van der Waals surface area (Å²) in [5.74, 6) is 0. The number of hydrogen-bond acceptors (Lipinski definition) is 2. The van der Waals surface area contributed by atoms with Crippen LogP contribution in [0.3, 0.4) is 0 Å². The smallest absolute Gasteiger partial charge is 0.274 e. The predicted octanol–water partition coefficient (Wildman–Crippen LogP) is 1.76. The van der Waals surface area contributed by atoms with Gasteiger partial charge in [0.2, 0.25) is 0 Å². The molecule has 0 aliphatic rings. The Morgan fingerprint density at radius 1 is 0.923 bits per heavy atom. The zero-order valence-electron chi connectivity index (χ0n) is 9.12. The highest BCUT2D eigenvalue weighted by Crippen LogP contribution is 2.22. The summed E-state index contributed by atoms with van der Waals surface area (Å²) >= 11 is 0. The zero-order valence-corrected chi connectivity index (χ0v) is 11.9. The molecule has 0 bridgehead atoms. The molecule has 0 spiro atoms. The molecule has 0 aromatic heterocycles. The molecule has 0 saturated carbocycles. The fourth-order valence-corrected chi connectivity index (χ4v) is 15.3. The minimum atomic E-state index is -4.02. The molecule has 1 N–H and O–H groups in total. The van der Waals surface area contributed by atoms with Gasteiger partial charge in [0.05, 0.1) is 0 Å². The average Bonchev–Trinajstić information content (AvgIpc) is 1.44. The van der Waals surface area contributed by atoms with Gasteiger partial charge in [0.15, 0.2) is 0 Å². The van der Waals surface area contributed by atoms with Gasteiger partial charge in [-0.1, -0.05) is 39.3 Å². The Hall–Kier alpha value is 0.304. The Balaban J connectivity index is 5.28. The Kier molecular flexibility index (Phi) is 3.54. The molecule has 0 aliphatic heterocycles. The number of rotatable bonds is 3. The second kappa shape index (κ2) is 3.46. The van der Waals surface area contributed by atoms with E-state index in [1.54, 1.807) is 0 Å². The molecule has 7 heteroatoms. The Morgan fingerprint density at radius 2 is 1.15 bits per heavy atom. The second-order valence-electron chi connectivity index (χ2n) is 5.08. The van der Waals surface area contributed by atoms with E-state index in [-0.39, 0.29) is 0 Å². The first-order chi connectivity index (χ1) is 5.37. The summed E-state index contributed by atoms with van der Waals surface area (Å²) in [5.41, 5.74) is 0. The van der Waals surface area contributed by atoms with Crippen molar-refractivity contribution in [1.29, 1.82) is 0 Å². The maximum atomic E-state index is 11.2. The van der Waals surface area contributed by atoms with Gasteiger partial charge in [-0.15, -0.1) is 0 Å². The van der Waals surface area contributed by atoms with Crippen molar-refractivity contribution < 1.29 is 13.0 Å². The average molecular weight is 241 g/mol. The van der Waals surface area contributed by atoms with Crippen molar-refractivity contribution >= 4 is 26.8 Å². The van der Waals surface area contributed by atoms with Crippen LogP contribution >= 0.6 is 0 Å². The molecule has 13 heavy (non-hydrogen) atoms. The zero-order chi connectivity index (χ0) is 11.1. The Labute approximate surface area is 83.0 Å². The molecule has 0 atom stereocenters. The standard InChI is InChI=1S/C6H19NO3SSi2/c1-12(2,3)7(11(8,9)10)13(4,5)6/h1-6H3,(H,8,9,10). The molecule has 0 amide bonds. The maximum absolute atomic E-state index is 11.2. The molecule has 0 aromatic rings. The summed E-state index contributed by atoms with van der Waals surface area (Å²) in [6, 6.07) is 0. The fraction of sp³-hybridized carbons (Fsp3) is 1.00. The van der Waals surface area contributed by atoms with E-state index in [0.717, 1.165) is 0 Å². The van der Waals surface area contributed by atoms with Crippen molar-refractivity contribution in [3.05, 3.63) is 0 Å². The number of hydrogen-bond donors (Lipinski definition) is 1. The van der Waals surface area contributed by atoms with Gasteiger partial charge in [-0.2, -0.15) is 8.42 Å². The highest BCUT2D eigenvalue weighted by molar-refractivity contribution is 7.86. The van der Waals surface area contributed by atoms with Crippen LogP contribution < -0.4 is 0 Å². The maximum Gasteiger partial charge on any atom is 0.323 e. The third kappa shape index (κ3) is 3.90. The summed E-state index contributed by atoms with van der Waals surface area (Å²) in [5, 5.41) is 0. The fourth-order valence-electron chi connectivity index (χ4n) is 1.70. The van der Waals surface area contributed by atoms with Gasteiger partial charge in [-0.05, 0) is 0 Å². The van der Waals surface area contributed by atoms with E-state index >= 15 is 0 Å². The highest BCUT2D eigenvalue weighted by atomic mass is 32.2. The van der Waals surface area contributed by atoms with Crippen LogP contribution in [0.15, 0.2) is 0 Å². The molecule has 0 heterocycles. The third-order valence-electron chi connectivity index (χ3n) is 1.45. The lowest BCUT2D eigenvalue weighted by Crippen LogP contribution is -2.61. The van der Waals surface area contributed by atoms with Crippen LogP contribution in [0.1, 0.15) is 0 Å². The van der Waals surface area contributed by atoms with E-state index in [0.29, 0.717) is 0 Å². The quantitative estimate of drug-likeness (QED) is 0.605. The van der Waals surface area contributed by atoms with Gasteiger partial charge in [0.25, 0.3) is 0 Å². The lowest BCUT2D eigenvalue weighted by atomic mass is 11.8. The molecule has 0 fully saturated rings. The molecule has 0 aromatic carbocycles. The molecular weight excluding hydrogens is 222 g/mol. The van der Waals surface area contributed by atoms with Gasteiger partial charge in [0, 0.05) is 0 Å². The minimum Gasteiger partial charge on any atom is -0.274 e. The van der Waals surface area contributed by atoms with E-state index in [4.69, 9.17) is 4.55 Å². The van der Waals surface area contributed by atoms with E-state index in [1.165, 1.54) is 3.64 Å². The lowest BCUT2D eigenvalue weighted by Gasteiger charge is -2.39. The van der Waals surface area contributed by atoms with Gasteiger partial charge in [0.1, 0.15) is 16.5 Å². The molecule has 80 valence electrons. The highest BCUT2D eigenvalue weighted by Gasteiger charge is 2.42. The van der Waals surface area contributed by atoms with Crippen molar-refractivity contribution in [2.45, 2.75) is 39.3 Å². The van der Waals surface area contributed by atoms with Crippen molar-refractivity contribution in [2.24, 2.45) is 0 Å². The third-order valence-corrected chi connectivity index (χ3v) is 13.0. The molecule has 4 nitrogen and oxygen atoms in total. The second-order valence-corrected chi connectivity index (χ2v) is 17.0. The van der Waals surface area contributed by atoms with Crippen LogP contribution in [-0.4, -0.2) is 33.1 Å².